The minimum absolute atomic E-state index is 0.125. The molecule has 2 nitrogen and oxygen atoms in total. The molecule has 0 aromatic carbocycles. The Morgan fingerprint density at radius 1 is 1.20 bits per heavy atom. The van der Waals surface area contributed by atoms with Crippen LogP contribution in [0.1, 0.15) is 20.8 Å². The molecule has 0 aromatic heterocycles. The van der Waals surface area contributed by atoms with E-state index in [1.165, 1.54) is 0 Å². The Hall–Kier alpha value is -0.340. The molecule has 0 amide bonds. The molecule has 2 N–H and O–H groups in total. The molecule has 0 aliphatic rings. The van der Waals surface area contributed by atoms with E-state index in [-0.39, 0.29) is 13.2 Å². The molecule has 62 valence electrons. The first-order chi connectivity index (χ1) is 4.47. The average Bonchev–Trinajstić information content (AvgIpc) is 1.87. The first-order valence-corrected chi connectivity index (χ1v) is 3.33. The lowest BCUT2D eigenvalue weighted by atomic mass is 9.98. The van der Waals surface area contributed by atoms with Gasteiger partial charge in [-0.05, 0) is 5.41 Å². The molecule has 0 aliphatic carbocycles. The predicted octanol–water partition coefficient (Wildman–Crippen LogP) is 1.19. The van der Waals surface area contributed by atoms with Gasteiger partial charge in [0.2, 0.25) is 0 Å². The third-order valence-corrected chi connectivity index (χ3v) is 0.712. The monoisotopic (exact) mass is 146 g/mol. The van der Waals surface area contributed by atoms with Crippen LogP contribution in [0.2, 0.25) is 0 Å². The topological polar surface area (TPSA) is 40.5 Å². The molecule has 0 radical (unpaired) electrons. The van der Waals surface area contributed by atoms with Gasteiger partial charge in [0.1, 0.15) is 0 Å². The second-order valence-electron chi connectivity index (χ2n) is 3.02. The number of hydrogen-bond acceptors (Lipinski definition) is 2. The summed E-state index contributed by atoms with van der Waals surface area (Å²) in [4.78, 5) is 0. The van der Waals surface area contributed by atoms with Crippen molar-refractivity contribution in [2.45, 2.75) is 20.8 Å². The van der Waals surface area contributed by atoms with Crippen LogP contribution in [0.5, 0.6) is 0 Å². The fourth-order valence-corrected chi connectivity index (χ4v) is 0. The van der Waals surface area contributed by atoms with E-state index < -0.39 is 0 Å². The van der Waals surface area contributed by atoms with E-state index in [0.29, 0.717) is 5.41 Å². The highest BCUT2D eigenvalue weighted by atomic mass is 16.3. The summed E-state index contributed by atoms with van der Waals surface area (Å²) in [6, 6.07) is 0. The molecule has 0 bridgehead atoms. The summed E-state index contributed by atoms with van der Waals surface area (Å²) >= 11 is 0. The molecular formula is C8H18O2. The molecule has 10 heavy (non-hydrogen) atoms. The van der Waals surface area contributed by atoms with Gasteiger partial charge in [-0.1, -0.05) is 26.8 Å². The molecule has 2 heteroatoms. The van der Waals surface area contributed by atoms with Gasteiger partial charge in [-0.15, -0.1) is 6.58 Å². The van der Waals surface area contributed by atoms with Crippen molar-refractivity contribution in [3.05, 3.63) is 12.7 Å². The van der Waals surface area contributed by atoms with Gasteiger partial charge >= 0.3 is 0 Å². The molecule has 0 saturated heterocycles. The van der Waals surface area contributed by atoms with Crippen LogP contribution in [-0.4, -0.2) is 23.4 Å². The van der Waals surface area contributed by atoms with Gasteiger partial charge in [-0.3, -0.25) is 0 Å². The summed E-state index contributed by atoms with van der Waals surface area (Å²) in [5.74, 6) is 0. The summed E-state index contributed by atoms with van der Waals surface area (Å²) in [5.41, 5.74) is 0.306. The Morgan fingerprint density at radius 3 is 1.40 bits per heavy atom. The molecule has 0 fully saturated rings. The highest BCUT2D eigenvalue weighted by Gasteiger charge is 1.99. The van der Waals surface area contributed by atoms with Crippen LogP contribution in [0.15, 0.2) is 12.7 Å². The Labute approximate surface area is 63.2 Å². The maximum atomic E-state index is 7.62. The summed E-state index contributed by atoms with van der Waals surface area (Å²) in [7, 11) is 0. The third kappa shape index (κ3) is 25.4. The van der Waals surface area contributed by atoms with Crippen LogP contribution in [-0.2, 0) is 0 Å². The van der Waals surface area contributed by atoms with Crippen molar-refractivity contribution in [3.63, 3.8) is 0 Å². The van der Waals surface area contributed by atoms with Crippen LogP contribution in [0.4, 0.5) is 0 Å². The normalized spacial score (nSPS) is 9.70. The first kappa shape index (κ1) is 12.3. The van der Waals surface area contributed by atoms with Crippen molar-refractivity contribution in [1.82, 2.24) is 0 Å². The smallest absolute Gasteiger partial charge is 0.0662 e. The van der Waals surface area contributed by atoms with E-state index in [2.05, 4.69) is 27.4 Å². The van der Waals surface area contributed by atoms with Crippen LogP contribution in [0.25, 0.3) is 0 Å². The first-order valence-electron chi connectivity index (χ1n) is 3.33. The lowest BCUT2D eigenvalue weighted by molar-refractivity contribution is 0.186. The Kier molecular flexibility index (Phi) is 8.37. The highest BCUT2D eigenvalue weighted by Crippen LogP contribution is 2.11. The summed E-state index contributed by atoms with van der Waals surface area (Å²) in [6.07, 6.45) is 1.94. The summed E-state index contributed by atoms with van der Waals surface area (Å²) in [6.45, 7) is 9.76. The Morgan fingerprint density at radius 2 is 1.40 bits per heavy atom. The number of aliphatic hydroxyl groups is 2. The fraction of sp³-hybridized carbons (Fsp3) is 0.750. The standard InChI is InChI=1S/C6H12.C2H6O2/c1-5-6(2,3)4;3-1-2-4/h5H,1H2,2-4H3;3-4H,1-2H2. The van der Waals surface area contributed by atoms with Crippen LogP contribution >= 0.6 is 0 Å². The van der Waals surface area contributed by atoms with E-state index in [9.17, 15) is 0 Å². The largest absolute Gasteiger partial charge is 0.394 e. The van der Waals surface area contributed by atoms with Gasteiger partial charge in [-0.25, -0.2) is 0 Å². The minimum Gasteiger partial charge on any atom is -0.394 e. The molecule has 0 saturated carbocycles. The van der Waals surface area contributed by atoms with E-state index in [0.717, 1.165) is 0 Å². The van der Waals surface area contributed by atoms with E-state index >= 15 is 0 Å². The number of aliphatic hydroxyl groups excluding tert-OH is 2. The van der Waals surface area contributed by atoms with Crippen molar-refractivity contribution >= 4 is 0 Å². The van der Waals surface area contributed by atoms with Crippen LogP contribution < -0.4 is 0 Å². The van der Waals surface area contributed by atoms with E-state index in [1.54, 1.807) is 0 Å². The van der Waals surface area contributed by atoms with Gasteiger partial charge < -0.3 is 10.2 Å². The van der Waals surface area contributed by atoms with Crippen molar-refractivity contribution in [1.29, 1.82) is 0 Å². The Balaban J connectivity index is 0. The molecule has 0 unspecified atom stereocenters. The van der Waals surface area contributed by atoms with Gasteiger partial charge in [0.05, 0.1) is 13.2 Å². The van der Waals surface area contributed by atoms with Crippen molar-refractivity contribution in [2.24, 2.45) is 5.41 Å². The Bertz CT molecular complexity index is 69.8. The van der Waals surface area contributed by atoms with Crippen LogP contribution in [0.3, 0.4) is 0 Å². The van der Waals surface area contributed by atoms with Crippen LogP contribution in [0, 0.1) is 5.41 Å². The number of hydrogen-bond donors (Lipinski definition) is 2. The highest BCUT2D eigenvalue weighted by molar-refractivity contribution is 4.82. The zero-order chi connectivity index (χ0) is 8.62. The fourth-order valence-electron chi connectivity index (χ4n) is 0. The molecule has 0 aliphatic heterocycles. The molecule has 0 heterocycles. The van der Waals surface area contributed by atoms with Crippen molar-refractivity contribution in [2.75, 3.05) is 13.2 Å². The second kappa shape index (κ2) is 6.78. The zero-order valence-electron chi connectivity index (χ0n) is 7.09. The minimum atomic E-state index is -0.125. The molecule has 0 aromatic rings. The predicted molar refractivity (Wildman–Crippen MR) is 43.8 cm³/mol. The molecule has 0 atom stereocenters. The van der Waals surface area contributed by atoms with Gasteiger partial charge in [0, 0.05) is 0 Å². The zero-order valence-corrected chi connectivity index (χ0v) is 7.09. The maximum Gasteiger partial charge on any atom is 0.0662 e. The van der Waals surface area contributed by atoms with Gasteiger partial charge in [0.15, 0.2) is 0 Å². The SMILES string of the molecule is C=CC(C)(C)C.OCCO. The van der Waals surface area contributed by atoms with E-state index in [1.807, 2.05) is 6.08 Å². The lowest BCUT2D eigenvalue weighted by Gasteiger charge is -2.08. The van der Waals surface area contributed by atoms with Gasteiger partial charge in [-0.2, -0.15) is 0 Å². The lowest BCUT2D eigenvalue weighted by Crippen LogP contribution is -1.96. The number of allylic oxidation sites excluding steroid dienone is 1. The summed E-state index contributed by atoms with van der Waals surface area (Å²) in [5, 5.41) is 15.2. The van der Waals surface area contributed by atoms with E-state index in [4.69, 9.17) is 10.2 Å². The number of rotatable bonds is 1. The maximum absolute atomic E-state index is 7.62. The summed E-state index contributed by atoms with van der Waals surface area (Å²) < 4.78 is 0. The van der Waals surface area contributed by atoms with Crippen molar-refractivity contribution in [3.8, 4) is 0 Å². The van der Waals surface area contributed by atoms with Gasteiger partial charge in [0.25, 0.3) is 0 Å². The second-order valence-corrected chi connectivity index (χ2v) is 3.02. The van der Waals surface area contributed by atoms with Crippen molar-refractivity contribution < 1.29 is 10.2 Å². The quantitative estimate of drug-likeness (QED) is 0.545. The average molecular weight is 146 g/mol. The molecule has 0 spiro atoms. The molecule has 0 rings (SSSR count). The third-order valence-electron chi connectivity index (χ3n) is 0.712. The molecular weight excluding hydrogens is 128 g/mol.